The molecule has 0 heterocycles. The second-order valence-electron chi connectivity index (χ2n) is 5.05. The Hall–Kier alpha value is -2.54. The average molecular weight is 349 g/mol. The van der Waals surface area contributed by atoms with Gasteiger partial charge >= 0.3 is 0 Å². The minimum atomic E-state index is -3.22. The van der Waals surface area contributed by atoms with E-state index in [4.69, 9.17) is 9.47 Å². The number of sulfone groups is 1. The van der Waals surface area contributed by atoms with E-state index in [1.807, 2.05) is 0 Å². The van der Waals surface area contributed by atoms with Gasteiger partial charge in [-0.15, -0.1) is 0 Å². The molecule has 0 spiro atoms. The van der Waals surface area contributed by atoms with Crippen molar-refractivity contribution in [1.29, 1.82) is 0 Å². The Kier molecular flexibility index (Phi) is 5.81. The lowest BCUT2D eigenvalue weighted by Crippen LogP contribution is -2.28. The summed E-state index contributed by atoms with van der Waals surface area (Å²) in [5, 5.41) is 2.74. The zero-order chi connectivity index (χ0) is 17.6. The van der Waals surface area contributed by atoms with E-state index < -0.39 is 9.84 Å². The van der Waals surface area contributed by atoms with Crippen LogP contribution in [0.1, 0.15) is 10.4 Å². The first kappa shape index (κ1) is 17.8. The summed E-state index contributed by atoms with van der Waals surface area (Å²) in [5.41, 5.74) is 0.456. The number of methoxy groups -OCH3 is 1. The molecular formula is C17H19NO5S. The minimum absolute atomic E-state index is 0.235. The third-order valence-electron chi connectivity index (χ3n) is 3.26. The van der Waals surface area contributed by atoms with Crippen LogP contribution in [-0.4, -0.2) is 40.8 Å². The van der Waals surface area contributed by atoms with Gasteiger partial charge in [-0.2, -0.15) is 0 Å². The van der Waals surface area contributed by atoms with Crippen LogP contribution in [0.2, 0.25) is 0 Å². The van der Waals surface area contributed by atoms with E-state index in [1.165, 1.54) is 19.2 Å². The first-order chi connectivity index (χ1) is 11.4. The topological polar surface area (TPSA) is 81.7 Å². The van der Waals surface area contributed by atoms with E-state index >= 15 is 0 Å². The Labute approximate surface area is 141 Å². The van der Waals surface area contributed by atoms with E-state index in [1.54, 1.807) is 36.4 Å². The molecule has 0 bridgehead atoms. The number of para-hydroxylation sites is 1. The highest BCUT2D eigenvalue weighted by Crippen LogP contribution is 2.17. The summed E-state index contributed by atoms with van der Waals surface area (Å²) in [6, 6.07) is 13.1. The molecule has 0 aromatic heterocycles. The number of amides is 1. The lowest BCUT2D eigenvalue weighted by Gasteiger charge is -2.10. The highest BCUT2D eigenvalue weighted by molar-refractivity contribution is 7.90. The summed E-state index contributed by atoms with van der Waals surface area (Å²) in [6.07, 6.45) is 1.15. The summed E-state index contributed by atoms with van der Waals surface area (Å²) < 4.78 is 33.4. The summed E-state index contributed by atoms with van der Waals surface area (Å²) >= 11 is 0. The lowest BCUT2D eigenvalue weighted by atomic mass is 10.2. The number of nitrogens with one attached hydrogen (secondary N) is 1. The standard InChI is InChI=1S/C17H19NO5S/c1-22-16-6-4-3-5-15(16)17(19)18-11-12-23-13-7-9-14(10-8-13)24(2,20)21/h3-10H,11-12H2,1-2H3,(H,18,19). The van der Waals surface area contributed by atoms with Gasteiger partial charge in [-0.3, -0.25) is 4.79 Å². The van der Waals surface area contributed by atoms with Crippen molar-refractivity contribution in [2.24, 2.45) is 0 Å². The molecule has 2 rings (SSSR count). The molecule has 0 fully saturated rings. The predicted octanol–water partition coefficient (Wildman–Crippen LogP) is 1.91. The fourth-order valence-corrected chi connectivity index (χ4v) is 2.67. The first-order valence-electron chi connectivity index (χ1n) is 7.26. The van der Waals surface area contributed by atoms with Gasteiger partial charge in [0.2, 0.25) is 0 Å². The largest absolute Gasteiger partial charge is 0.496 e. The summed E-state index contributed by atoms with van der Waals surface area (Å²) in [6.45, 7) is 0.573. The average Bonchev–Trinajstić information content (AvgIpc) is 2.58. The van der Waals surface area contributed by atoms with Crippen LogP contribution in [0.3, 0.4) is 0 Å². The first-order valence-corrected chi connectivity index (χ1v) is 9.15. The Bertz CT molecular complexity index is 800. The third kappa shape index (κ3) is 4.73. The minimum Gasteiger partial charge on any atom is -0.496 e. The molecule has 1 N–H and O–H groups in total. The zero-order valence-electron chi connectivity index (χ0n) is 13.5. The fourth-order valence-electron chi connectivity index (χ4n) is 2.04. The van der Waals surface area contributed by atoms with Crippen molar-refractivity contribution in [3.8, 4) is 11.5 Å². The van der Waals surface area contributed by atoms with Crippen LogP contribution in [0.5, 0.6) is 11.5 Å². The number of ether oxygens (including phenoxy) is 2. The van der Waals surface area contributed by atoms with Crippen molar-refractivity contribution in [2.45, 2.75) is 4.90 Å². The van der Waals surface area contributed by atoms with E-state index in [2.05, 4.69) is 5.32 Å². The number of hydrogen-bond acceptors (Lipinski definition) is 5. The molecule has 1 amide bonds. The maximum atomic E-state index is 12.1. The SMILES string of the molecule is COc1ccccc1C(=O)NCCOc1ccc(S(C)(=O)=O)cc1. The second kappa shape index (κ2) is 7.83. The quantitative estimate of drug-likeness (QED) is 0.772. The van der Waals surface area contributed by atoms with Gasteiger partial charge < -0.3 is 14.8 Å². The van der Waals surface area contributed by atoms with Crippen molar-refractivity contribution in [2.75, 3.05) is 26.5 Å². The highest BCUT2D eigenvalue weighted by atomic mass is 32.2. The van der Waals surface area contributed by atoms with Gasteiger partial charge in [0.25, 0.3) is 5.91 Å². The molecule has 6 nitrogen and oxygen atoms in total. The van der Waals surface area contributed by atoms with Crippen molar-refractivity contribution in [3.05, 3.63) is 54.1 Å². The number of hydrogen-bond donors (Lipinski definition) is 1. The van der Waals surface area contributed by atoms with Crippen molar-refractivity contribution >= 4 is 15.7 Å². The van der Waals surface area contributed by atoms with Crippen LogP contribution in [0.15, 0.2) is 53.4 Å². The fraction of sp³-hybridized carbons (Fsp3) is 0.235. The molecule has 2 aromatic rings. The maximum Gasteiger partial charge on any atom is 0.255 e. The number of rotatable bonds is 7. The molecular weight excluding hydrogens is 330 g/mol. The summed E-state index contributed by atoms with van der Waals surface area (Å²) in [5.74, 6) is 0.796. The highest BCUT2D eigenvalue weighted by Gasteiger charge is 2.10. The Morgan fingerprint density at radius 2 is 1.75 bits per heavy atom. The third-order valence-corrected chi connectivity index (χ3v) is 4.39. The zero-order valence-corrected chi connectivity index (χ0v) is 14.3. The van der Waals surface area contributed by atoms with E-state index in [-0.39, 0.29) is 17.4 Å². The van der Waals surface area contributed by atoms with Gasteiger partial charge in [-0.05, 0) is 36.4 Å². The molecule has 24 heavy (non-hydrogen) atoms. The van der Waals surface area contributed by atoms with E-state index in [9.17, 15) is 13.2 Å². The molecule has 7 heteroatoms. The number of carbonyl (C=O) groups excluding carboxylic acids is 1. The number of carbonyl (C=O) groups is 1. The molecule has 0 aliphatic carbocycles. The monoisotopic (exact) mass is 349 g/mol. The van der Waals surface area contributed by atoms with Crippen molar-refractivity contribution < 1.29 is 22.7 Å². The smallest absolute Gasteiger partial charge is 0.255 e. The Morgan fingerprint density at radius 3 is 2.38 bits per heavy atom. The Balaban J connectivity index is 1.83. The normalized spacial score (nSPS) is 10.9. The van der Waals surface area contributed by atoms with Gasteiger partial charge in [0, 0.05) is 6.26 Å². The molecule has 0 unspecified atom stereocenters. The second-order valence-corrected chi connectivity index (χ2v) is 7.06. The Morgan fingerprint density at radius 1 is 1.08 bits per heavy atom. The predicted molar refractivity (Wildman–Crippen MR) is 90.4 cm³/mol. The molecule has 0 aliphatic rings. The molecule has 0 saturated heterocycles. The molecule has 0 saturated carbocycles. The van der Waals surface area contributed by atoms with Crippen molar-refractivity contribution in [3.63, 3.8) is 0 Å². The molecule has 128 valence electrons. The van der Waals surface area contributed by atoms with E-state index in [0.29, 0.717) is 23.6 Å². The number of benzene rings is 2. The van der Waals surface area contributed by atoms with Crippen LogP contribution >= 0.6 is 0 Å². The van der Waals surface area contributed by atoms with Crippen LogP contribution in [0.4, 0.5) is 0 Å². The lowest BCUT2D eigenvalue weighted by molar-refractivity contribution is 0.0944. The molecule has 0 radical (unpaired) electrons. The summed E-state index contributed by atoms with van der Waals surface area (Å²) in [4.78, 5) is 12.3. The van der Waals surface area contributed by atoms with E-state index in [0.717, 1.165) is 6.26 Å². The maximum absolute atomic E-state index is 12.1. The van der Waals surface area contributed by atoms with Crippen molar-refractivity contribution in [1.82, 2.24) is 5.32 Å². The summed E-state index contributed by atoms with van der Waals surface area (Å²) in [7, 11) is -1.71. The van der Waals surface area contributed by atoms with Gasteiger partial charge in [-0.25, -0.2) is 8.42 Å². The van der Waals surface area contributed by atoms with Gasteiger partial charge in [0.05, 0.1) is 24.1 Å². The van der Waals surface area contributed by atoms with Gasteiger partial charge in [0.1, 0.15) is 18.1 Å². The van der Waals surface area contributed by atoms with Gasteiger partial charge in [0.15, 0.2) is 9.84 Å². The van der Waals surface area contributed by atoms with Gasteiger partial charge in [-0.1, -0.05) is 12.1 Å². The molecule has 2 aromatic carbocycles. The van der Waals surface area contributed by atoms with Crippen LogP contribution in [0.25, 0.3) is 0 Å². The van der Waals surface area contributed by atoms with Crippen LogP contribution in [-0.2, 0) is 9.84 Å². The van der Waals surface area contributed by atoms with Crippen LogP contribution < -0.4 is 14.8 Å². The van der Waals surface area contributed by atoms with Crippen LogP contribution in [0, 0.1) is 0 Å². The molecule has 0 atom stereocenters. The molecule has 0 aliphatic heterocycles.